The van der Waals surface area contributed by atoms with Gasteiger partial charge in [-0.2, -0.15) is 18.4 Å². The molecule has 0 spiro atoms. The number of aliphatic hydroxyl groups is 1. The zero-order chi connectivity index (χ0) is 24.3. The number of hydrogen-bond acceptors (Lipinski definition) is 4. The summed E-state index contributed by atoms with van der Waals surface area (Å²) in [5.41, 5.74) is -3.04. The molecule has 0 aliphatic carbocycles. The third kappa shape index (κ3) is 4.92. The van der Waals surface area contributed by atoms with Crippen molar-refractivity contribution in [2.75, 3.05) is 11.4 Å². The van der Waals surface area contributed by atoms with Crippen LogP contribution in [0.5, 0.6) is 0 Å². The molecule has 9 heteroatoms. The van der Waals surface area contributed by atoms with E-state index in [-0.39, 0.29) is 16.1 Å². The van der Waals surface area contributed by atoms with Crippen LogP contribution < -0.4 is 4.31 Å². The Kier molecular flexibility index (Phi) is 6.63. The highest BCUT2D eigenvalue weighted by molar-refractivity contribution is 7.92. The second-order valence-corrected chi connectivity index (χ2v) is 9.14. The summed E-state index contributed by atoms with van der Waals surface area (Å²) in [6.07, 6.45) is -3.19. The highest BCUT2D eigenvalue weighted by atomic mass is 32.2. The van der Waals surface area contributed by atoms with E-state index in [2.05, 4.69) is 0 Å². The number of sulfonamides is 1. The molecule has 3 rings (SSSR count). The first-order valence-electron chi connectivity index (χ1n) is 9.62. The van der Waals surface area contributed by atoms with Gasteiger partial charge in [0.2, 0.25) is 5.60 Å². The molecule has 0 radical (unpaired) electrons. The molecule has 0 heterocycles. The van der Waals surface area contributed by atoms with Gasteiger partial charge in [-0.25, -0.2) is 8.42 Å². The lowest BCUT2D eigenvalue weighted by Crippen LogP contribution is -2.40. The Morgan fingerprint density at radius 3 is 2.18 bits per heavy atom. The Labute approximate surface area is 189 Å². The topological polar surface area (TPSA) is 81.4 Å². The minimum Gasteiger partial charge on any atom is -0.373 e. The average molecular weight is 472 g/mol. The molecular formula is C24H19F3N2O3S. The SMILES string of the molecule is CN(c1ccc(C(O)(/C=C/c2ccccc2)C(F)(F)F)cc1)S(=O)(=O)c1cccc(C#N)c1. The second-order valence-electron chi connectivity index (χ2n) is 7.17. The van der Waals surface area contributed by atoms with Crippen molar-refractivity contribution in [1.82, 2.24) is 0 Å². The molecule has 0 saturated heterocycles. The molecule has 0 saturated carbocycles. The average Bonchev–Trinajstić information content (AvgIpc) is 2.82. The number of alkyl halides is 3. The molecule has 0 fully saturated rings. The Hall–Kier alpha value is -3.61. The third-order valence-electron chi connectivity index (χ3n) is 5.04. The molecule has 33 heavy (non-hydrogen) atoms. The smallest absolute Gasteiger partial charge is 0.373 e. The Balaban J connectivity index is 1.95. The lowest BCUT2D eigenvalue weighted by Gasteiger charge is -2.28. The molecule has 5 nitrogen and oxygen atoms in total. The summed E-state index contributed by atoms with van der Waals surface area (Å²) in [5.74, 6) is 0. The Bertz CT molecular complexity index is 1300. The van der Waals surface area contributed by atoms with Crippen molar-refractivity contribution in [3.63, 3.8) is 0 Å². The van der Waals surface area contributed by atoms with Gasteiger partial charge in [0.15, 0.2) is 0 Å². The molecule has 1 N–H and O–H groups in total. The normalized spacial score (nSPS) is 13.9. The Morgan fingerprint density at radius 2 is 1.61 bits per heavy atom. The molecule has 0 bridgehead atoms. The van der Waals surface area contributed by atoms with E-state index in [1.165, 1.54) is 49.5 Å². The van der Waals surface area contributed by atoms with Gasteiger partial charge in [-0.15, -0.1) is 0 Å². The standard InChI is InChI=1S/C24H19F3N2O3S/c1-29(33(31,32)22-9-5-8-19(16-22)17-28)21-12-10-20(11-13-21)23(30,24(25,26)27)15-14-18-6-3-2-4-7-18/h2-16,30H,1H3/b15-14+. The molecule has 0 aliphatic heterocycles. The minimum absolute atomic E-state index is 0.0812. The quantitative estimate of drug-likeness (QED) is 0.556. The van der Waals surface area contributed by atoms with E-state index in [1.807, 2.05) is 6.07 Å². The van der Waals surface area contributed by atoms with Crippen LogP contribution in [0.25, 0.3) is 6.08 Å². The van der Waals surface area contributed by atoms with Gasteiger partial charge in [0, 0.05) is 7.05 Å². The molecule has 1 atom stereocenters. The van der Waals surface area contributed by atoms with Crippen LogP contribution in [-0.4, -0.2) is 26.7 Å². The number of benzene rings is 3. The molecule has 1 unspecified atom stereocenters. The van der Waals surface area contributed by atoms with Gasteiger partial charge >= 0.3 is 6.18 Å². The van der Waals surface area contributed by atoms with Crippen LogP contribution in [0.1, 0.15) is 16.7 Å². The fourth-order valence-electron chi connectivity index (χ4n) is 3.08. The highest BCUT2D eigenvalue weighted by Gasteiger charge is 2.53. The summed E-state index contributed by atoms with van der Waals surface area (Å²) < 4.78 is 68.0. The number of rotatable bonds is 6. The minimum atomic E-state index is -5.02. The van der Waals surface area contributed by atoms with Crippen molar-refractivity contribution >= 4 is 21.8 Å². The number of nitriles is 1. The summed E-state index contributed by atoms with van der Waals surface area (Å²) in [5, 5.41) is 19.5. The number of nitrogens with zero attached hydrogens (tertiary/aromatic N) is 2. The van der Waals surface area contributed by atoms with Crippen LogP contribution >= 0.6 is 0 Å². The first-order valence-corrected chi connectivity index (χ1v) is 11.1. The summed E-state index contributed by atoms with van der Waals surface area (Å²) in [6.45, 7) is 0. The molecule has 0 aromatic heterocycles. The predicted octanol–water partition coefficient (Wildman–Crippen LogP) is 4.85. The van der Waals surface area contributed by atoms with E-state index in [1.54, 1.807) is 30.3 Å². The lowest BCUT2D eigenvalue weighted by molar-refractivity contribution is -0.244. The van der Waals surface area contributed by atoms with Crippen molar-refractivity contribution in [2.24, 2.45) is 0 Å². The molecular weight excluding hydrogens is 453 g/mol. The first-order chi connectivity index (χ1) is 15.5. The van der Waals surface area contributed by atoms with E-state index >= 15 is 0 Å². The van der Waals surface area contributed by atoms with Gasteiger partial charge in [-0.05, 0) is 47.5 Å². The molecule has 170 valence electrons. The maximum atomic E-state index is 13.8. The fourth-order valence-corrected chi connectivity index (χ4v) is 4.33. The Morgan fingerprint density at radius 1 is 0.970 bits per heavy atom. The fraction of sp³-hybridized carbons (Fsp3) is 0.125. The van der Waals surface area contributed by atoms with Gasteiger partial charge in [0.25, 0.3) is 10.0 Å². The predicted molar refractivity (Wildman–Crippen MR) is 119 cm³/mol. The van der Waals surface area contributed by atoms with Crippen LogP contribution in [0.2, 0.25) is 0 Å². The van der Waals surface area contributed by atoms with Gasteiger partial charge in [-0.1, -0.05) is 54.6 Å². The molecule has 0 aliphatic rings. The van der Waals surface area contributed by atoms with Gasteiger partial charge in [-0.3, -0.25) is 4.31 Å². The largest absolute Gasteiger partial charge is 0.425 e. The van der Waals surface area contributed by atoms with Crippen LogP contribution in [0, 0.1) is 11.3 Å². The summed E-state index contributed by atoms with van der Waals surface area (Å²) in [7, 11) is -2.82. The van der Waals surface area contributed by atoms with E-state index in [9.17, 15) is 26.7 Å². The van der Waals surface area contributed by atoms with Crippen LogP contribution in [-0.2, 0) is 15.6 Å². The zero-order valence-electron chi connectivity index (χ0n) is 17.4. The molecule has 0 amide bonds. The van der Waals surface area contributed by atoms with Gasteiger partial charge < -0.3 is 5.11 Å². The summed E-state index contributed by atoms with van der Waals surface area (Å²) in [4.78, 5) is -0.134. The van der Waals surface area contributed by atoms with Gasteiger partial charge in [0.1, 0.15) is 0 Å². The second kappa shape index (κ2) is 9.10. The van der Waals surface area contributed by atoms with Crippen LogP contribution in [0.4, 0.5) is 18.9 Å². The van der Waals surface area contributed by atoms with E-state index in [0.29, 0.717) is 11.6 Å². The van der Waals surface area contributed by atoms with Crippen molar-refractivity contribution < 1.29 is 26.7 Å². The third-order valence-corrected chi connectivity index (χ3v) is 6.82. The monoisotopic (exact) mass is 472 g/mol. The maximum absolute atomic E-state index is 13.8. The van der Waals surface area contributed by atoms with Crippen molar-refractivity contribution in [3.05, 3.63) is 102 Å². The van der Waals surface area contributed by atoms with E-state index < -0.39 is 27.4 Å². The van der Waals surface area contributed by atoms with Crippen molar-refractivity contribution in [2.45, 2.75) is 16.7 Å². The summed E-state index contributed by atoms with van der Waals surface area (Å²) in [6, 6.07) is 19.9. The van der Waals surface area contributed by atoms with Crippen LogP contribution in [0.15, 0.2) is 89.8 Å². The lowest BCUT2D eigenvalue weighted by atomic mass is 9.91. The van der Waals surface area contributed by atoms with Crippen molar-refractivity contribution in [3.8, 4) is 6.07 Å². The van der Waals surface area contributed by atoms with Gasteiger partial charge in [0.05, 0.1) is 22.2 Å². The number of anilines is 1. The zero-order valence-corrected chi connectivity index (χ0v) is 18.2. The molecule has 3 aromatic carbocycles. The highest BCUT2D eigenvalue weighted by Crippen LogP contribution is 2.41. The number of hydrogen-bond donors (Lipinski definition) is 1. The van der Waals surface area contributed by atoms with Crippen LogP contribution in [0.3, 0.4) is 0 Å². The maximum Gasteiger partial charge on any atom is 0.425 e. The number of halogens is 3. The van der Waals surface area contributed by atoms with Crippen molar-refractivity contribution in [1.29, 1.82) is 5.26 Å². The first kappa shape index (κ1) is 24.0. The van der Waals surface area contributed by atoms with E-state index in [4.69, 9.17) is 5.26 Å². The van der Waals surface area contributed by atoms with E-state index in [0.717, 1.165) is 16.4 Å². The molecule has 3 aromatic rings. The summed E-state index contributed by atoms with van der Waals surface area (Å²) >= 11 is 0.